The molecule has 0 saturated carbocycles. The Morgan fingerprint density at radius 1 is 0.500 bits per heavy atom. The van der Waals surface area contributed by atoms with Gasteiger partial charge in [0.15, 0.2) is 0 Å². The summed E-state index contributed by atoms with van der Waals surface area (Å²) in [5.41, 5.74) is 0. The topological polar surface area (TPSA) is 0 Å². The van der Waals surface area contributed by atoms with Crippen LogP contribution in [-0.2, 0) is 0 Å². The molecular weight excluding hydrogens is 144 g/mol. The predicted octanol–water partition coefficient (Wildman–Crippen LogP) is 2.72. The largest absolute Gasteiger partial charge is 0.0833 e. The standard InChI is InChI=1S/C12H12/c1-2-4-10-6-8-12(10)11-7-5-9(11)3-1/h1-12H/b3-1-,4-2-. The van der Waals surface area contributed by atoms with Crippen molar-refractivity contribution in [2.75, 3.05) is 0 Å². The van der Waals surface area contributed by atoms with E-state index in [9.17, 15) is 0 Å². The number of rotatable bonds is 0. The normalized spacial score (nSPS) is 52.0. The zero-order chi connectivity index (χ0) is 7.97. The lowest BCUT2D eigenvalue weighted by atomic mass is 9.64. The molecule has 0 aliphatic heterocycles. The average Bonchev–Trinajstić information content (AvgIpc) is 2.01. The number of hydrogen-bond donors (Lipinski definition) is 0. The van der Waals surface area contributed by atoms with E-state index in [1.54, 1.807) is 0 Å². The lowest BCUT2D eigenvalue weighted by Crippen LogP contribution is -2.33. The average molecular weight is 156 g/mol. The van der Waals surface area contributed by atoms with Crippen molar-refractivity contribution in [1.29, 1.82) is 0 Å². The minimum absolute atomic E-state index is 0.715. The minimum atomic E-state index is 0.715. The lowest BCUT2D eigenvalue weighted by molar-refractivity contribution is 0.315. The summed E-state index contributed by atoms with van der Waals surface area (Å²) in [6.45, 7) is 0. The Morgan fingerprint density at radius 2 is 1.00 bits per heavy atom. The molecule has 0 nitrogen and oxygen atoms in total. The molecule has 0 fully saturated rings. The highest BCUT2D eigenvalue weighted by Gasteiger charge is 2.35. The maximum atomic E-state index is 2.36. The molecule has 4 atom stereocenters. The van der Waals surface area contributed by atoms with Crippen LogP contribution in [0.5, 0.6) is 0 Å². The third-order valence-electron chi connectivity index (χ3n) is 3.22. The van der Waals surface area contributed by atoms with Crippen LogP contribution in [0.4, 0.5) is 0 Å². The van der Waals surface area contributed by atoms with Crippen LogP contribution in [0.1, 0.15) is 0 Å². The van der Waals surface area contributed by atoms with Crippen LogP contribution in [0.15, 0.2) is 48.6 Å². The third-order valence-corrected chi connectivity index (χ3v) is 3.22. The maximum absolute atomic E-state index is 2.36. The van der Waals surface area contributed by atoms with E-state index in [1.807, 2.05) is 0 Å². The minimum Gasteiger partial charge on any atom is -0.0833 e. The fraction of sp³-hybridized carbons (Fsp3) is 0.333. The van der Waals surface area contributed by atoms with Gasteiger partial charge in [-0.2, -0.15) is 0 Å². The first-order chi connectivity index (χ1) is 5.95. The van der Waals surface area contributed by atoms with Crippen molar-refractivity contribution in [3.05, 3.63) is 48.6 Å². The molecule has 3 aliphatic carbocycles. The highest BCUT2D eigenvalue weighted by Crippen LogP contribution is 2.43. The molecule has 0 amide bonds. The Bertz CT molecular complexity index is 272. The molecule has 0 N–H and O–H groups in total. The van der Waals surface area contributed by atoms with Gasteiger partial charge in [-0.15, -0.1) is 0 Å². The summed E-state index contributed by atoms with van der Waals surface area (Å²) in [6, 6.07) is 0. The van der Waals surface area contributed by atoms with Gasteiger partial charge in [0.25, 0.3) is 0 Å². The Morgan fingerprint density at radius 3 is 1.33 bits per heavy atom. The SMILES string of the molecule is C1=CC2C1/C=C\C=C/C1C=CC12. The number of allylic oxidation sites excluding steroid dienone is 8. The Kier molecular flexibility index (Phi) is 1.20. The Hall–Kier alpha value is -1.04. The summed E-state index contributed by atoms with van der Waals surface area (Å²) in [5.74, 6) is 3.02. The molecule has 0 aromatic rings. The molecule has 0 radical (unpaired) electrons. The van der Waals surface area contributed by atoms with Crippen LogP contribution >= 0.6 is 0 Å². The van der Waals surface area contributed by atoms with Crippen LogP contribution < -0.4 is 0 Å². The van der Waals surface area contributed by atoms with Gasteiger partial charge in [-0.05, 0) is 11.8 Å². The van der Waals surface area contributed by atoms with Crippen molar-refractivity contribution in [2.45, 2.75) is 0 Å². The van der Waals surface area contributed by atoms with E-state index >= 15 is 0 Å². The van der Waals surface area contributed by atoms with Crippen molar-refractivity contribution in [1.82, 2.24) is 0 Å². The van der Waals surface area contributed by atoms with Crippen molar-refractivity contribution in [2.24, 2.45) is 23.7 Å². The molecule has 0 spiro atoms. The first-order valence-corrected chi connectivity index (χ1v) is 4.67. The maximum Gasteiger partial charge on any atom is 0.00186 e. The summed E-state index contributed by atoms with van der Waals surface area (Å²) in [4.78, 5) is 0. The molecule has 0 heteroatoms. The molecule has 0 saturated heterocycles. The van der Waals surface area contributed by atoms with E-state index < -0.39 is 0 Å². The quantitative estimate of drug-likeness (QED) is 0.473. The number of fused-ring (bicyclic) bond motifs is 3. The van der Waals surface area contributed by atoms with Gasteiger partial charge in [-0.3, -0.25) is 0 Å². The molecule has 0 bridgehead atoms. The van der Waals surface area contributed by atoms with Crippen LogP contribution in [0.3, 0.4) is 0 Å². The van der Waals surface area contributed by atoms with Crippen molar-refractivity contribution in [3.8, 4) is 0 Å². The van der Waals surface area contributed by atoms with Crippen LogP contribution in [0.25, 0.3) is 0 Å². The summed E-state index contributed by atoms with van der Waals surface area (Å²) in [7, 11) is 0. The van der Waals surface area contributed by atoms with E-state index in [-0.39, 0.29) is 0 Å². The van der Waals surface area contributed by atoms with Crippen molar-refractivity contribution >= 4 is 0 Å². The van der Waals surface area contributed by atoms with E-state index in [0.29, 0.717) is 11.8 Å². The van der Waals surface area contributed by atoms with E-state index in [0.717, 1.165) is 11.8 Å². The summed E-state index contributed by atoms with van der Waals surface area (Å²) >= 11 is 0. The van der Waals surface area contributed by atoms with Gasteiger partial charge in [0.2, 0.25) is 0 Å². The first kappa shape index (κ1) is 6.47. The molecular formula is C12H12. The van der Waals surface area contributed by atoms with Gasteiger partial charge in [-0.25, -0.2) is 0 Å². The van der Waals surface area contributed by atoms with Gasteiger partial charge in [0.1, 0.15) is 0 Å². The fourth-order valence-corrected chi connectivity index (χ4v) is 2.28. The number of hydrogen-bond acceptors (Lipinski definition) is 0. The molecule has 60 valence electrons. The second-order valence-corrected chi connectivity index (χ2v) is 3.85. The molecule has 0 aromatic heterocycles. The summed E-state index contributed by atoms with van der Waals surface area (Å²) in [6.07, 6.45) is 18.3. The second kappa shape index (κ2) is 2.22. The van der Waals surface area contributed by atoms with Gasteiger partial charge in [-0.1, -0.05) is 48.6 Å². The highest BCUT2D eigenvalue weighted by atomic mass is 14.4. The van der Waals surface area contributed by atoms with E-state index in [4.69, 9.17) is 0 Å². The van der Waals surface area contributed by atoms with Gasteiger partial charge < -0.3 is 0 Å². The molecule has 12 heavy (non-hydrogen) atoms. The highest BCUT2D eigenvalue weighted by molar-refractivity contribution is 5.31. The van der Waals surface area contributed by atoms with Gasteiger partial charge in [0, 0.05) is 11.8 Å². The molecule has 4 unspecified atom stereocenters. The van der Waals surface area contributed by atoms with Crippen molar-refractivity contribution in [3.63, 3.8) is 0 Å². The predicted molar refractivity (Wildman–Crippen MR) is 50.5 cm³/mol. The van der Waals surface area contributed by atoms with Gasteiger partial charge in [0.05, 0.1) is 0 Å². The molecule has 3 aliphatic rings. The van der Waals surface area contributed by atoms with E-state index in [2.05, 4.69) is 48.6 Å². The monoisotopic (exact) mass is 156 g/mol. The van der Waals surface area contributed by atoms with Crippen LogP contribution in [-0.4, -0.2) is 0 Å². The van der Waals surface area contributed by atoms with Crippen molar-refractivity contribution < 1.29 is 0 Å². The molecule has 0 aromatic carbocycles. The van der Waals surface area contributed by atoms with Crippen LogP contribution in [0, 0.1) is 23.7 Å². The first-order valence-electron chi connectivity index (χ1n) is 4.67. The Balaban J connectivity index is 1.97. The van der Waals surface area contributed by atoms with Crippen LogP contribution in [0.2, 0.25) is 0 Å². The Labute approximate surface area is 73.0 Å². The van der Waals surface area contributed by atoms with E-state index in [1.165, 1.54) is 0 Å². The zero-order valence-corrected chi connectivity index (χ0v) is 6.93. The third kappa shape index (κ3) is 0.726. The molecule has 3 rings (SSSR count). The summed E-state index contributed by atoms with van der Waals surface area (Å²) < 4.78 is 0. The summed E-state index contributed by atoms with van der Waals surface area (Å²) in [5, 5.41) is 0. The second-order valence-electron chi connectivity index (χ2n) is 3.85. The fourth-order valence-electron chi connectivity index (χ4n) is 2.28. The smallest absolute Gasteiger partial charge is 0.00186 e. The molecule has 0 heterocycles. The zero-order valence-electron chi connectivity index (χ0n) is 6.93. The van der Waals surface area contributed by atoms with Gasteiger partial charge >= 0.3 is 0 Å². The lowest BCUT2D eigenvalue weighted by Gasteiger charge is -2.40.